The van der Waals surface area contributed by atoms with E-state index in [1.807, 2.05) is 0 Å². The molecule has 1 aliphatic rings. The Kier molecular flexibility index (Phi) is 6.10. The number of benzene rings is 2. The molecule has 5 rings (SSSR count). The van der Waals surface area contributed by atoms with Gasteiger partial charge in [0.05, 0.1) is 35.2 Å². The maximum atomic E-state index is 13.5. The molecule has 0 spiro atoms. The van der Waals surface area contributed by atoms with E-state index in [0.29, 0.717) is 28.8 Å². The quantitative estimate of drug-likeness (QED) is 0.372. The van der Waals surface area contributed by atoms with E-state index in [2.05, 4.69) is 19.8 Å². The fraction of sp³-hybridized carbons (Fsp3) is 0.208. The molecule has 0 aliphatic carbocycles. The number of hydrogen-bond acceptors (Lipinski definition) is 6. The van der Waals surface area contributed by atoms with Gasteiger partial charge < -0.3 is 4.74 Å². The van der Waals surface area contributed by atoms with Crippen LogP contribution in [0.2, 0.25) is 0 Å². The van der Waals surface area contributed by atoms with Crippen LogP contribution in [0.1, 0.15) is 29.0 Å². The van der Waals surface area contributed by atoms with E-state index in [1.54, 1.807) is 19.2 Å². The highest BCUT2D eigenvalue weighted by Gasteiger charge is 2.33. The van der Waals surface area contributed by atoms with Gasteiger partial charge in [-0.1, -0.05) is 12.1 Å². The molecular weight excluding hydrogens is 514 g/mol. The zero-order valence-corrected chi connectivity index (χ0v) is 20.0. The second kappa shape index (κ2) is 9.14. The number of ether oxygens (including phenoxy) is 1. The Balaban J connectivity index is 1.54. The number of anilines is 1. The SMILES string of the molecule is Cn1nccc1-c1cc(C(F)(F)F)ccc1[C@H]1CCOc2cc(S(=O)(=O)Nc3ncc(F)cn3)ccc21. The molecule has 2 aromatic heterocycles. The first-order valence-electron chi connectivity index (χ1n) is 11.0. The van der Waals surface area contributed by atoms with Crippen molar-refractivity contribution in [1.29, 1.82) is 0 Å². The summed E-state index contributed by atoms with van der Waals surface area (Å²) >= 11 is 0. The van der Waals surface area contributed by atoms with Gasteiger partial charge >= 0.3 is 6.18 Å². The fourth-order valence-corrected chi connectivity index (χ4v) is 5.27. The van der Waals surface area contributed by atoms with Crippen molar-refractivity contribution in [2.75, 3.05) is 11.3 Å². The van der Waals surface area contributed by atoms with Gasteiger partial charge in [-0.15, -0.1) is 0 Å². The lowest BCUT2D eigenvalue weighted by Gasteiger charge is -2.28. The van der Waals surface area contributed by atoms with Crippen LogP contribution in [0.4, 0.5) is 23.5 Å². The predicted molar refractivity (Wildman–Crippen MR) is 125 cm³/mol. The highest BCUT2D eigenvalue weighted by Crippen LogP contribution is 2.44. The molecule has 0 unspecified atom stereocenters. The number of hydrogen-bond donors (Lipinski definition) is 1. The monoisotopic (exact) mass is 533 g/mol. The van der Waals surface area contributed by atoms with Crippen LogP contribution in [0.5, 0.6) is 5.75 Å². The molecule has 0 saturated heterocycles. The lowest BCUT2D eigenvalue weighted by molar-refractivity contribution is -0.137. The van der Waals surface area contributed by atoms with Crippen molar-refractivity contribution >= 4 is 16.0 Å². The summed E-state index contributed by atoms with van der Waals surface area (Å²) in [6.07, 6.45) is -0.891. The number of alkyl halides is 3. The maximum Gasteiger partial charge on any atom is 0.416 e. The molecule has 0 radical (unpaired) electrons. The van der Waals surface area contributed by atoms with E-state index in [4.69, 9.17) is 4.74 Å². The first kappa shape index (κ1) is 24.7. The Morgan fingerprint density at radius 3 is 2.46 bits per heavy atom. The van der Waals surface area contributed by atoms with Crippen LogP contribution < -0.4 is 9.46 Å². The minimum Gasteiger partial charge on any atom is -0.493 e. The third-order valence-corrected chi connectivity index (χ3v) is 7.36. The van der Waals surface area contributed by atoms with Crippen LogP contribution in [0, 0.1) is 5.82 Å². The number of rotatable bonds is 5. The van der Waals surface area contributed by atoms with Gasteiger partial charge in [-0.3, -0.25) is 4.68 Å². The van der Waals surface area contributed by atoms with Gasteiger partial charge in [0.2, 0.25) is 5.95 Å². The zero-order chi connectivity index (χ0) is 26.4. The first-order valence-corrected chi connectivity index (χ1v) is 12.5. The molecule has 0 amide bonds. The Morgan fingerprint density at radius 2 is 1.78 bits per heavy atom. The van der Waals surface area contributed by atoms with Crippen molar-refractivity contribution < 1.29 is 30.7 Å². The second-order valence-corrected chi connectivity index (χ2v) is 10.0. The summed E-state index contributed by atoms with van der Waals surface area (Å²) in [5.41, 5.74) is 1.37. The molecule has 0 saturated carbocycles. The highest BCUT2D eigenvalue weighted by molar-refractivity contribution is 7.92. The average Bonchev–Trinajstić information content (AvgIpc) is 3.29. The molecule has 37 heavy (non-hydrogen) atoms. The normalized spacial score (nSPS) is 15.6. The average molecular weight is 534 g/mol. The zero-order valence-electron chi connectivity index (χ0n) is 19.2. The lowest BCUT2D eigenvalue weighted by atomic mass is 9.83. The molecule has 2 aromatic carbocycles. The second-order valence-electron chi connectivity index (χ2n) is 8.36. The molecule has 0 bridgehead atoms. The number of halogens is 4. The predicted octanol–water partition coefficient (Wildman–Crippen LogP) is 4.75. The van der Waals surface area contributed by atoms with Crippen LogP contribution >= 0.6 is 0 Å². The molecule has 1 atom stereocenters. The van der Waals surface area contributed by atoms with Crippen molar-refractivity contribution in [2.24, 2.45) is 7.05 Å². The number of nitrogens with zero attached hydrogens (tertiary/aromatic N) is 4. The van der Waals surface area contributed by atoms with Crippen molar-refractivity contribution in [3.63, 3.8) is 0 Å². The summed E-state index contributed by atoms with van der Waals surface area (Å²) in [7, 11) is -2.48. The summed E-state index contributed by atoms with van der Waals surface area (Å²) in [4.78, 5) is 7.06. The van der Waals surface area contributed by atoms with Crippen LogP contribution in [0.25, 0.3) is 11.3 Å². The number of sulfonamides is 1. The van der Waals surface area contributed by atoms with E-state index >= 15 is 0 Å². The minimum atomic E-state index is -4.52. The van der Waals surface area contributed by atoms with Crippen LogP contribution in [0.3, 0.4) is 0 Å². The summed E-state index contributed by atoms with van der Waals surface area (Å²) in [6.45, 7) is 0.224. The fourth-order valence-electron chi connectivity index (χ4n) is 4.30. The van der Waals surface area contributed by atoms with Crippen LogP contribution in [0.15, 0.2) is 66.0 Å². The Bertz CT molecular complexity index is 1570. The molecule has 8 nitrogen and oxygen atoms in total. The van der Waals surface area contributed by atoms with Gasteiger partial charge in [-0.2, -0.15) is 18.3 Å². The summed E-state index contributed by atoms with van der Waals surface area (Å²) in [5.74, 6) is -1.09. The van der Waals surface area contributed by atoms with E-state index in [-0.39, 0.29) is 29.1 Å². The lowest BCUT2D eigenvalue weighted by Crippen LogP contribution is -2.19. The first-order chi connectivity index (χ1) is 17.5. The van der Waals surface area contributed by atoms with E-state index in [0.717, 1.165) is 24.5 Å². The summed E-state index contributed by atoms with van der Waals surface area (Å²) in [5, 5.41) is 4.10. The van der Waals surface area contributed by atoms with Gasteiger partial charge in [-0.05, 0) is 36.2 Å². The number of nitrogens with one attached hydrogen (secondary N) is 1. The largest absolute Gasteiger partial charge is 0.493 e. The molecule has 13 heteroatoms. The van der Waals surface area contributed by atoms with E-state index < -0.39 is 27.6 Å². The van der Waals surface area contributed by atoms with Gasteiger partial charge in [0.15, 0.2) is 5.82 Å². The smallest absolute Gasteiger partial charge is 0.416 e. The molecule has 0 fully saturated rings. The number of aryl methyl sites for hydroxylation is 1. The number of aromatic nitrogens is 4. The van der Waals surface area contributed by atoms with E-state index in [9.17, 15) is 26.0 Å². The maximum absolute atomic E-state index is 13.5. The minimum absolute atomic E-state index is 0.140. The van der Waals surface area contributed by atoms with Crippen molar-refractivity contribution in [3.8, 4) is 17.0 Å². The van der Waals surface area contributed by atoms with Crippen LogP contribution in [-0.2, 0) is 23.2 Å². The van der Waals surface area contributed by atoms with Gasteiger partial charge in [-0.25, -0.2) is 27.5 Å². The highest BCUT2D eigenvalue weighted by atomic mass is 32.2. The molecule has 4 aromatic rings. The van der Waals surface area contributed by atoms with Crippen LogP contribution in [-0.4, -0.2) is 34.8 Å². The molecule has 192 valence electrons. The molecule has 3 heterocycles. The standard InChI is InChI=1S/C24H19F4N5O3S/c1-33-21(6-8-31-33)20-10-14(24(26,27)28)2-4-17(20)18-7-9-36-22-11-16(3-5-19(18)22)37(34,35)32-23-29-12-15(25)13-30-23/h2-6,8,10-13,18H,7,9H2,1H3,(H,29,30,32)/t18-/m1/s1. The molecular formula is C24H19F4N5O3S. The molecule has 1 N–H and O–H groups in total. The van der Waals surface area contributed by atoms with Gasteiger partial charge in [0, 0.05) is 36.4 Å². The third-order valence-electron chi connectivity index (χ3n) is 6.03. The Hall–Kier alpha value is -4.00. The van der Waals surface area contributed by atoms with Crippen molar-refractivity contribution in [3.05, 3.63) is 83.6 Å². The Morgan fingerprint density at radius 1 is 1.05 bits per heavy atom. The number of fused-ring (bicyclic) bond motifs is 1. The topological polar surface area (TPSA) is 99.0 Å². The van der Waals surface area contributed by atoms with Crippen molar-refractivity contribution in [1.82, 2.24) is 19.7 Å². The Labute approximate surface area is 209 Å². The van der Waals surface area contributed by atoms with Gasteiger partial charge in [0.25, 0.3) is 10.0 Å². The van der Waals surface area contributed by atoms with Crippen molar-refractivity contribution in [2.45, 2.75) is 23.4 Å². The third kappa shape index (κ3) is 4.86. The van der Waals surface area contributed by atoms with Gasteiger partial charge in [0.1, 0.15) is 5.75 Å². The van der Waals surface area contributed by atoms with E-state index in [1.165, 1.54) is 29.1 Å². The molecule has 1 aliphatic heterocycles. The summed E-state index contributed by atoms with van der Waals surface area (Å²) in [6, 6.07) is 9.50. The summed E-state index contributed by atoms with van der Waals surface area (Å²) < 4.78 is 88.7.